The van der Waals surface area contributed by atoms with Crippen LogP contribution in [0.15, 0.2) is 12.1 Å². The number of nitrogens with zero attached hydrogens (tertiary/aromatic N) is 1. The maximum Gasteiger partial charge on any atom is 0.231 e. The number of nitrogens with one attached hydrogen (secondary N) is 1. The Kier molecular flexibility index (Phi) is 5.19. The van der Waals surface area contributed by atoms with Crippen LogP contribution in [0.3, 0.4) is 0 Å². The van der Waals surface area contributed by atoms with Crippen molar-refractivity contribution in [3.63, 3.8) is 0 Å². The van der Waals surface area contributed by atoms with Crippen LogP contribution in [0.25, 0.3) is 0 Å². The molecule has 0 saturated carbocycles. The number of fused-ring (bicyclic) bond motifs is 1. The van der Waals surface area contributed by atoms with E-state index in [2.05, 4.69) is 10.2 Å². The fourth-order valence-corrected chi connectivity index (χ4v) is 2.90. The van der Waals surface area contributed by atoms with Gasteiger partial charge in [-0.05, 0) is 37.2 Å². The van der Waals surface area contributed by atoms with E-state index in [1.54, 1.807) is 0 Å². The quantitative estimate of drug-likeness (QED) is 0.813. The van der Waals surface area contributed by atoms with Crippen molar-refractivity contribution in [1.82, 2.24) is 10.2 Å². The first-order chi connectivity index (χ1) is 10.3. The fourth-order valence-electron chi connectivity index (χ4n) is 2.61. The van der Waals surface area contributed by atoms with Crippen molar-refractivity contribution < 1.29 is 14.2 Å². The van der Waals surface area contributed by atoms with E-state index in [1.807, 2.05) is 12.1 Å². The van der Waals surface area contributed by atoms with Crippen molar-refractivity contribution in [3.05, 3.63) is 22.7 Å². The maximum absolute atomic E-state index is 6.17. The maximum atomic E-state index is 6.17. The van der Waals surface area contributed by atoms with Crippen LogP contribution in [0.1, 0.15) is 12.0 Å². The van der Waals surface area contributed by atoms with Crippen LogP contribution in [0.4, 0.5) is 0 Å². The molecule has 2 heterocycles. The van der Waals surface area contributed by atoms with Gasteiger partial charge < -0.3 is 19.5 Å². The molecule has 1 saturated heterocycles. The second-order valence-corrected chi connectivity index (χ2v) is 5.70. The molecule has 0 radical (unpaired) electrons. The van der Waals surface area contributed by atoms with Gasteiger partial charge in [0.2, 0.25) is 6.79 Å². The zero-order valence-corrected chi connectivity index (χ0v) is 12.8. The molecule has 0 amide bonds. The number of ether oxygens (including phenoxy) is 3. The highest BCUT2D eigenvalue weighted by Crippen LogP contribution is 2.39. The monoisotopic (exact) mass is 312 g/mol. The van der Waals surface area contributed by atoms with Gasteiger partial charge in [0, 0.05) is 19.6 Å². The van der Waals surface area contributed by atoms with E-state index in [0.29, 0.717) is 10.8 Å². The summed E-state index contributed by atoms with van der Waals surface area (Å²) in [6, 6.07) is 3.92. The molecule has 1 fully saturated rings. The van der Waals surface area contributed by atoms with Crippen LogP contribution in [0.5, 0.6) is 11.5 Å². The van der Waals surface area contributed by atoms with E-state index in [0.717, 1.165) is 63.7 Å². The van der Waals surface area contributed by atoms with E-state index < -0.39 is 0 Å². The highest BCUT2D eigenvalue weighted by molar-refractivity contribution is 6.32. The summed E-state index contributed by atoms with van der Waals surface area (Å²) in [5.74, 6) is 1.40. The standard InChI is InChI=1S/C15H21ClN2O3/c16-13-8-12(9-14-15(13)21-11-20-14)10-17-2-1-3-18-4-6-19-7-5-18/h8-9,17H,1-7,10-11H2. The summed E-state index contributed by atoms with van der Waals surface area (Å²) in [6.45, 7) is 6.99. The van der Waals surface area contributed by atoms with E-state index in [4.69, 9.17) is 25.8 Å². The normalized spacial score (nSPS) is 18.1. The molecule has 0 aliphatic carbocycles. The van der Waals surface area contributed by atoms with Gasteiger partial charge in [-0.2, -0.15) is 0 Å². The summed E-state index contributed by atoms with van der Waals surface area (Å²) in [7, 11) is 0. The minimum absolute atomic E-state index is 0.255. The van der Waals surface area contributed by atoms with Gasteiger partial charge >= 0.3 is 0 Å². The summed E-state index contributed by atoms with van der Waals surface area (Å²) in [5, 5.41) is 4.07. The van der Waals surface area contributed by atoms with Crippen molar-refractivity contribution in [1.29, 1.82) is 0 Å². The average Bonchev–Trinajstić information content (AvgIpc) is 2.97. The molecule has 116 valence electrons. The third kappa shape index (κ3) is 4.01. The molecule has 0 spiro atoms. The zero-order valence-electron chi connectivity index (χ0n) is 12.1. The Hall–Kier alpha value is -1.01. The molecule has 1 aromatic carbocycles. The number of halogens is 1. The van der Waals surface area contributed by atoms with Crippen molar-refractivity contribution in [2.45, 2.75) is 13.0 Å². The molecule has 0 atom stereocenters. The summed E-state index contributed by atoms with van der Waals surface area (Å²) in [5.41, 5.74) is 1.12. The molecular formula is C15H21ClN2O3. The summed E-state index contributed by atoms with van der Waals surface area (Å²) in [4.78, 5) is 2.45. The lowest BCUT2D eigenvalue weighted by molar-refractivity contribution is 0.0374. The van der Waals surface area contributed by atoms with Crippen LogP contribution >= 0.6 is 11.6 Å². The Morgan fingerprint density at radius 1 is 1.19 bits per heavy atom. The third-order valence-electron chi connectivity index (χ3n) is 3.75. The van der Waals surface area contributed by atoms with Crippen LogP contribution in [0, 0.1) is 0 Å². The Balaban J connectivity index is 1.38. The number of hydrogen-bond donors (Lipinski definition) is 1. The molecule has 3 rings (SSSR count). The van der Waals surface area contributed by atoms with Gasteiger partial charge in [0.05, 0.1) is 18.2 Å². The molecule has 0 unspecified atom stereocenters. The van der Waals surface area contributed by atoms with Gasteiger partial charge in [-0.1, -0.05) is 11.6 Å². The lowest BCUT2D eigenvalue weighted by Gasteiger charge is -2.26. The summed E-state index contributed by atoms with van der Waals surface area (Å²) in [6.07, 6.45) is 1.14. The Labute approximate surface area is 130 Å². The van der Waals surface area contributed by atoms with Gasteiger partial charge in [0.25, 0.3) is 0 Å². The smallest absolute Gasteiger partial charge is 0.231 e. The van der Waals surface area contributed by atoms with E-state index in [-0.39, 0.29) is 6.79 Å². The van der Waals surface area contributed by atoms with Gasteiger partial charge in [0.15, 0.2) is 11.5 Å². The van der Waals surface area contributed by atoms with E-state index >= 15 is 0 Å². The highest BCUT2D eigenvalue weighted by Gasteiger charge is 2.18. The van der Waals surface area contributed by atoms with Gasteiger partial charge in [-0.25, -0.2) is 0 Å². The molecule has 1 N–H and O–H groups in total. The van der Waals surface area contributed by atoms with E-state index in [9.17, 15) is 0 Å². The molecule has 5 nitrogen and oxygen atoms in total. The van der Waals surface area contributed by atoms with Crippen molar-refractivity contribution in [2.24, 2.45) is 0 Å². The van der Waals surface area contributed by atoms with Crippen molar-refractivity contribution in [3.8, 4) is 11.5 Å². The summed E-state index contributed by atoms with van der Waals surface area (Å²) >= 11 is 6.17. The highest BCUT2D eigenvalue weighted by atomic mass is 35.5. The predicted molar refractivity (Wildman–Crippen MR) is 81.2 cm³/mol. The second kappa shape index (κ2) is 7.31. The number of benzene rings is 1. The van der Waals surface area contributed by atoms with Crippen LogP contribution < -0.4 is 14.8 Å². The third-order valence-corrected chi connectivity index (χ3v) is 4.03. The topological polar surface area (TPSA) is 43.0 Å². The fraction of sp³-hybridized carbons (Fsp3) is 0.600. The van der Waals surface area contributed by atoms with Crippen LogP contribution in [0.2, 0.25) is 5.02 Å². The molecule has 0 aromatic heterocycles. The minimum Gasteiger partial charge on any atom is -0.454 e. The summed E-state index contributed by atoms with van der Waals surface area (Å²) < 4.78 is 16.0. The van der Waals surface area contributed by atoms with Gasteiger partial charge in [-0.15, -0.1) is 0 Å². The van der Waals surface area contributed by atoms with Crippen molar-refractivity contribution >= 4 is 11.6 Å². The SMILES string of the molecule is Clc1cc(CNCCCN2CCOCC2)cc2c1OCO2. The largest absolute Gasteiger partial charge is 0.454 e. The molecule has 6 heteroatoms. The van der Waals surface area contributed by atoms with Gasteiger partial charge in [-0.3, -0.25) is 4.90 Å². The lowest BCUT2D eigenvalue weighted by Crippen LogP contribution is -2.37. The first-order valence-electron chi connectivity index (χ1n) is 7.42. The van der Waals surface area contributed by atoms with Crippen molar-refractivity contribution in [2.75, 3.05) is 46.2 Å². The second-order valence-electron chi connectivity index (χ2n) is 5.30. The lowest BCUT2D eigenvalue weighted by atomic mass is 10.2. The molecule has 2 aliphatic heterocycles. The molecule has 21 heavy (non-hydrogen) atoms. The first-order valence-corrected chi connectivity index (χ1v) is 7.79. The number of hydrogen-bond acceptors (Lipinski definition) is 5. The molecule has 1 aromatic rings. The Morgan fingerprint density at radius 2 is 2.05 bits per heavy atom. The van der Waals surface area contributed by atoms with Crippen LogP contribution in [-0.2, 0) is 11.3 Å². The molecule has 0 bridgehead atoms. The zero-order chi connectivity index (χ0) is 14.5. The van der Waals surface area contributed by atoms with Gasteiger partial charge in [0.1, 0.15) is 0 Å². The van der Waals surface area contributed by atoms with Crippen LogP contribution in [-0.4, -0.2) is 51.1 Å². The average molecular weight is 313 g/mol. The minimum atomic E-state index is 0.255. The first kappa shape index (κ1) is 14.9. The predicted octanol–water partition coefficient (Wildman–Crippen LogP) is 1.88. The Morgan fingerprint density at radius 3 is 2.90 bits per heavy atom. The number of rotatable bonds is 6. The molecule has 2 aliphatic rings. The number of morpholine rings is 1. The van der Waals surface area contributed by atoms with E-state index in [1.165, 1.54) is 0 Å². The Bertz CT molecular complexity index is 478. The molecular weight excluding hydrogens is 292 g/mol.